The first-order valence-corrected chi connectivity index (χ1v) is 10.9. The van der Waals surface area contributed by atoms with Gasteiger partial charge in [-0.15, -0.1) is 11.3 Å². The number of amides is 1. The quantitative estimate of drug-likeness (QED) is 0.677. The van der Waals surface area contributed by atoms with Gasteiger partial charge in [0.1, 0.15) is 16.5 Å². The monoisotopic (exact) mass is 402 g/mol. The first kappa shape index (κ1) is 19.1. The van der Waals surface area contributed by atoms with Crippen molar-refractivity contribution in [1.82, 2.24) is 4.98 Å². The van der Waals surface area contributed by atoms with E-state index in [1.165, 1.54) is 23.5 Å². The summed E-state index contributed by atoms with van der Waals surface area (Å²) in [5.74, 6) is 0.385. The lowest BCUT2D eigenvalue weighted by Gasteiger charge is -2.05. The standard InChI is InChI=1S/C19H18N2O4S2/c1-3-25-15-9-7-13(8-10-15)19-21-17(12-26-19)18(22)20-14-5-4-6-16(11-14)27(2,23)24/h4-12H,3H2,1-2H3,(H,20,22). The Kier molecular flexibility index (Phi) is 5.57. The van der Waals surface area contributed by atoms with Gasteiger partial charge in [-0.05, 0) is 49.4 Å². The lowest BCUT2D eigenvalue weighted by molar-refractivity contribution is 0.102. The molecule has 8 heteroatoms. The van der Waals surface area contributed by atoms with E-state index >= 15 is 0 Å². The molecular formula is C19H18N2O4S2. The number of hydrogen-bond acceptors (Lipinski definition) is 6. The predicted octanol–water partition coefficient (Wildman–Crippen LogP) is 3.86. The van der Waals surface area contributed by atoms with Crippen molar-refractivity contribution in [2.45, 2.75) is 11.8 Å². The smallest absolute Gasteiger partial charge is 0.275 e. The highest BCUT2D eigenvalue weighted by Gasteiger charge is 2.14. The second kappa shape index (κ2) is 7.89. The van der Waals surface area contributed by atoms with Crippen LogP contribution in [0, 0.1) is 0 Å². The number of thiazole rings is 1. The van der Waals surface area contributed by atoms with E-state index in [1.54, 1.807) is 17.5 Å². The molecule has 0 spiro atoms. The summed E-state index contributed by atoms with van der Waals surface area (Å²) in [6.45, 7) is 2.52. The number of aromatic nitrogens is 1. The average molecular weight is 402 g/mol. The highest BCUT2D eigenvalue weighted by Crippen LogP contribution is 2.26. The third-order valence-electron chi connectivity index (χ3n) is 3.67. The number of nitrogens with zero attached hydrogens (tertiary/aromatic N) is 1. The molecule has 1 heterocycles. The van der Waals surface area contributed by atoms with Crippen LogP contribution in [0.4, 0.5) is 5.69 Å². The fourth-order valence-corrected chi connectivity index (χ4v) is 3.84. The predicted molar refractivity (Wildman–Crippen MR) is 106 cm³/mol. The van der Waals surface area contributed by atoms with Gasteiger partial charge in [-0.2, -0.15) is 0 Å². The maximum atomic E-state index is 12.4. The summed E-state index contributed by atoms with van der Waals surface area (Å²) in [6.07, 6.45) is 1.12. The molecule has 0 aliphatic carbocycles. The van der Waals surface area contributed by atoms with Gasteiger partial charge < -0.3 is 10.1 Å². The van der Waals surface area contributed by atoms with Gasteiger partial charge in [-0.25, -0.2) is 13.4 Å². The van der Waals surface area contributed by atoms with Crippen LogP contribution in [0.2, 0.25) is 0 Å². The Bertz CT molecular complexity index is 1060. The van der Waals surface area contributed by atoms with E-state index in [0.29, 0.717) is 17.3 Å². The molecule has 0 fully saturated rings. The molecule has 1 N–H and O–H groups in total. The van der Waals surface area contributed by atoms with E-state index in [4.69, 9.17) is 4.74 Å². The Morgan fingerprint density at radius 2 is 1.93 bits per heavy atom. The zero-order valence-electron chi connectivity index (χ0n) is 14.8. The van der Waals surface area contributed by atoms with Crippen LogP contribution in [-0.2, 0) is 9.84 Å². The van der Waals surface area contributed by atoms with Crippen LogP contribution >= 0.6 is 11.3 Å². The van der Waals surface area contributed by atoms with Crippen LogP contribution in [0.3, 0.4) is 0 Å². The number of sulfone groups is 1. The highest BCUT2D eigenvalue weighted by molar-refractivity contribution is 7.90. The molecule has 6 nitrogen and oxygen atoms in total. The molecule has 0 saturated carbocycles. The van der Waals surface area contributed by atoms with Crippen molar-refractivity contribution in [3.8, 4) is 16.3 Å². The molecule has 0 aliphatic heterocycles. The molecule has 1 amide bonds. The Morgan fingerprint density at radius 3 is 2.59 bits per heavy atom. The van der Waals surface area contributed by atoms with E-state index in [2.05, 4.69) is 10.3 Å². The van der Waals surface area contributed by atoms with Gasteiger partial charge in [0, 0.05) is 22.9 Å². The van der Waals surface area contributed by atoms with Gasteiger partial charge in [-0.1, -0.05) is 6.07 Å². The molecule has 140 valence electrons. The van der Waals surface area contributed by atoms with Crippen LogP contribution in [0.5, 0.6) is 5.75 Å². The van der Waals surface area contributed by atoms with Gasteiger partial charge in [-0.3, -0.25) is 4.79 Å². The molecule has 2 aromatic carbocycles. The number of carbonyl (C=O) groups excluding carboxylic acids is 1. The summed E-state index contributed by atoms with van der Waals surface area (Å²) in [7, 11) is -3.34. The minimum absolute atomic E-state index is 0.147. The maximum absolute atomic E-state index is 12.4. The summed E-state index contributed by atoms with van der Waals surface area (Å²) < 4.78 is 28.7. The van der Waals surface area contributed by atoms with Crippen molar-refractivity contribution in [1.29, 1.82) is 0 Å². The number of hydrogen-bond donors (Lipinski definition) is 1. The molecule has 0 unspecified atom stereocenters. The lowest BCUT2D eigenvalue weighted by atomic mass is 10.2. The van der Waals surface area contributed by atoms with Gasteiger partial charge in [0.05, 0.1) is 11.5 Å². The number of anilines is 1. The summed E-state index contributed by atoms with van der Waals surface area (Å²) in [4.78, 5) is 16.9. The SMILES string of the molecule is CCOc1ccc(-c2nc(C(=O)Nc3cccc(S(C)(=O)=O)c3)cs2)cc1. The van der Waals surface area contributed by atoms with E-state index in [9.17, 15) is 13.2 Å². The van der Waals surface area contributed by atoms with E-state index in [1.807, 2.05) is 31.2 Å². The topological polar surface area (TPSA) is 85.4 Å². The van der Waals surface area contributed by atoms with Gasteiger partial charge in [0.25, 0.3) is 5.91 Å². The van der Waals surface area contributed by atoms with Gasteiger partial charge in [0.15, 0.2) is 9.84 Å². The zero-order chi connectivity index (χ0) is 19.4. The van der Waals surface area contributed by atoms with E-state index in [0.717, 1.165) is 17.6 Å². The molecule has 3 aromatic rings. The minimum Gasteiger partial charge on any atom is -0.494 e. The normalized spacial score (nSPS) is 11.2. The molecule has 0 saturated heterocycles. The highest BCUT2D eigenvalue weighted by atomic mass is 32.2. The average Bonchev–Trinajstić information content (AvgIpc) is 3.12. The molecule has 1 aromatic heterocycles. The summed E-state index contributed by atoms with van der Waals surface area (Å²) in [5, 5.41) is 5.07. The van der Waals surface area contributed by atoms with Crippen LogP contribution in [0.15, 0.2) is 58.8 Å². The second-order valence-electron chi connectivity index (χ2n) is 5.75. The fourth-order valence-electron chi connectivity index (χ4n) is 2.37. The van der Waals surface area contributed by atoms with Crippen LogP contribution in [0.25, 0.3) is 10.6 Å². The first-order valence-electron chi connectivity index (χ1n) is 8.17. The largest absolute Gasteiger partial charge is 0.494 e. The minimum atomic E-state index is -3.34. The Balaban J connectivity index is 1.75. The van der Waals surface area contributed by atoms with Crippen molar-refractivity contribution < 1.29 is 17.9 Å². The van der Waals surface area contributed by atoms with Crippen LogP contribution in [0.1, 0.15) is 17.4 Å². The fraction of sp³-hybridized carbons (Fsp3) is 0.158. The summed E-state index contributed by atoms with van der Waals surface area (Å²) in [5.41, 5.74) is 1.56. The molecule has 0 aliphatic rings. The van der Waals surface area contributed by atoms with Crippen molar-refractivity contribution in [2.75, 3.05) is 18.2 Å². The van der Waals surface area contributed by atoms with Gasteiger partial charge >= 0.3 is 0 Å². The van der Waals surface area contributed by atoms with E-state index in [-0.39, 0.29) is 10.6 Å². The number of nitrogens with one attached hydrogen (secondary N) is 1. The molecule has 0 atom stereocenters. The Morgan fingerprint density at radius 1 is 1.19 bits per heavy atom. The van der Waals surface area contributed by atoms with Crippen molar-refractivity contribution in [2.24, 2.45) is 0 Å². The van der Waals surface area contributed by atoms with Crippen LogP contribution in [-0.4, -0.2) is 32.2 Å². The molecule has 3 rings (SSSR count). The van der Waals surface area contributed by atoms with Crippen molar-refractivity contribution >= 4 is 32.8 Å². The Hall–Kier alpha value is -2.71. The third kappa shape index (κ3) is 4.72. The summed E-state index contributed by atoms with van der Waals surface area (Å²) in [6, 6.07) is 13.6. The van der Waals surface area contributed by atoms with Gasteiger partial charge in [0.2, 0.25) is 0 Å². The Labute approximate surface area is 161 Å². The van der Waals surface area contributed by atoms with E-state index < -0.39 is 15.7 Å². The number of benzene rings is 2. The zero-order valence-corrected chi connectivity index (χ0v) is 16.4. The molecule has 0 bridgehead atoms. The maximum Gasteiger partial charge on any atom is 0.275 e. The molecular weight excluding hydrogens is 384 g/mol. The van der Waals surface area contributed by atoms with Crippen molar-refractivity contribution in [3.05, 3.63) is 59.6 Å². The number of rotatable bonds is 6. The van der Waals surface area contributed by atoms with Crippen molar-refractivity contribution in [3.63, 3.8) is 0 Å². The lowest BCUT2D eigenvalue weighted by Crippen LogP contribution is -2.12. The van der Waals surface area contributed by atoms with Crippen LogP contribution < -0.4 is 10.1 Å². The third-order valence-corrected chi connectivity index (χ3v) is 5.67. The number of ether oxygens (including phenoxy) is 1. The molecule has 27 heavy (non-hydrogen) atoms. The summed E-state index contributed by atoms with van der Waals surface area (Å²) >= 11 is 1.36. The molecule has 0 radical (unpaired) electrons. The first-order chi connectivity index (χ1) is 12.9. The second-order valence-corrected chi connectivity index (χ2v) is 8.62. The number of carbonyl (C=O) groups is 1.